The van der Waals surface area contributed by atoms with Crippen molar-refractivity contribution < 1.29 is 9.59 Å². The van der Waals surface area contributed by atoms with Crippen LogP contribution in [0.5, 0.6) is 0 Å². The van der Waals surface area contributed by atoms with Crippen LogP contribution in [0.1, 0.15) is 10.4 Å². The van der Waals surface area contributed by atoms with E-state index in [-0.39, 0.29) is 15.8 Å². The summed E-state index contributed by atoms with van der Waals surface area (Å²) in [7, 11) is 0. The molecule has 0 aliphatic heterocycles. The fourth-order valence-corrected chi connectivity index (χ4v) is 3.48. The van der Waals surface area contributed by atoms with Crippen molar-refractivity contribution >= 4 is 64.1 Å². The van der Waals surface area contributed by atoms with Gasteiger partial charge in [0, 0.05) is 9.92 Å². The molecule has 0 aliphatic rings. The molecule has 0 saturated heterocycles. The maximum Gasteiger partial charge on any atom is 0.270 e. The Morgan fingerprint density at radius 3 is 2.33 bits per heavy atom. The number of amides is 2. The Bertz CT molecular complexity index is 763. The van der Waals surface area contributed by atoms with Crippen molar-refractivity contribution in [2.45, 2.75) is 4.90 Å². The number of hydrogen-bond acceptors (Lipinski definition) is 4. The van der Waals surface area contributed by atoms with Gasteiger partial charge in [0.1, 0.15) is 0 Å². The number of primary amides is 1. The van der Waals surface area contributed by atoms with Crippen LogP contribution in [-0.4, -0.2) is 17.6 Å². The molecule has 0 aromatic heterocycles. The Morgan fingerprint density at radius 1 is 1.08 bits per heavy atom. The summed E-state index contributed by atoms with van der Waals surface area (Å²) in [6.45, 7) is 0. The van der Waals surface area contributed by atoms with Crippen molar-refractivity contribution in [2.75, 3.05) is 11.2 Å². The molecule has 2 rings (SSSR count). The number of rotatable bonds is 6. The lowest BCUT2D eigenvalue weighted by Gasteiger charge is -2.13. The maximum absolute atomic E-state index is 12.4. The molecule has 0 aliphatic carbocycles. The summed E-state index contributed by atoms with van der Waals surface area (Å²) in [4.78, 5) is 23.9. The molecule has 0 atom stereocenters. The summed E-state index contributed by atoms with van der Waals surface area (Å²) in [6, 6.07) is 9.84. The molecule has 9 heteroatoms. The van der Waals surface area contributed by atoms with E-state index in [9.17, 15) is 9.59 Å². The smallest absolute Gasteiger partial charge is 0.270 e. The number of nitrogens with one attached hydrogen (secondary N) is 2. The number of halogens is 3. The molecule has 0 spiro atoms. The van der Waals surface area contributed by atoms with Gasteiger partial charge in [-0.2, -0.15) is 0 Å². The highest BCUT2D eigenvalue weighted by Crippen LogP contribution is 2.33. The SMILES string of the molecule is NC(=O)CSc1ccccc1C(=O)NNc1c(Cl)cc(Cl)cc1Cl. The normalized spacial score (nSPS) is 10.3. The minimum absolute atomic E-state index is 0.0760. The first-order valence-corrected chi connectivity index (χ1v) is 8.71. The molecule has 5 nitrogen and oxygen atoms in total. The Balaban J connectivity index is 2.12. The molecule has 0 saturated carbocycles. The van der Waals surface area contributed by atoms with Crippen LogP contribution in [0.25, 0.3) is 0 Å². The second-order valence-electron chi connectivity index (χ2n) is 4.57. The predicted octanol–water partition coefficient (Wildman–Crippen LogP) is 3.98. The molecule has 2 aromatic carbocycles. The minimum atomic E-state index is -0.465. The summed E-state index contributed by atoms with van der Waals surface area (Å²) in [5.74, 6) is -0.801. The maximum atomic E-state index is 12.4. The highest BCUT2D eigenvalue weighted by molar-refractivity contribution is 8.00. The van der Waals surface area contributed by atoms with Crippen molar-refractivity contribution in [3.05, 3.63) is 57.0 Å². The van der Waals surface area contributed by atoms with Crippen LogP contribution in [-0.2, 0) is 4.79 Å². The molecule has 2 amide bonds. The van der Waals surface area contributed by atoms with E-state index >= 15 is 0 Å². The number of nitrogens with two attached hydrogens (primary N) is 1. The summed E-state index contributed by atoms with van der Waals surface area (Å²) in [5.41, 5.74) is 11.0. The third-order valence-corrected chi connectivity index (χ3v) is 4.72. The van der Waals surface area contributed by atoms with Gasteiger partial charge in [0.25, 0.3) is 5.91 Å². The van der Waals surface area contributed by atoms with Gasteiger partial charge >= 0.3 is 0 Å². The fraction of sp³-hybridized carbons (Fsp3) is 0.0667. The highest BCUT2D eigenvalue weighted by atomic mass is 35.5. The Kier molecular flexibility index (Phi) is 6.62. The van der Waals surface area contributed by atoms with E-state index in [1.54, 1.807) is 24.3 Å². The van der Waals surface area contributed by atoms with Crippen molar-refractivity contribution in [1.82, 2.24) is 5.43 Å². The summed E-state index contributed by atoms with van der Waals surface area (Å²) in [6.07, 6.45) is 0. The van der Waals surface area contributed by atoms with Gasteiger partial charge in [0.05, 0.1) is 27.0 Å². The zero-order valence-corrected chi connectivity index (χ0v) is 15.2. The molecule has 0 radical (unpaired) electrons. The summed E-state index contributed by atoms with van der Waals surface area (Å²) < 4.78 is 0. The van der Waals surface area contributed by atoms with Crippen molar-refractivity contribution in [3.63, 3.8) is 0 Å². The van der Waals surface area contributed by atoms with Gasteiger partial charge in [-0.05, 0) is 24.3 Å². The fourth-order valence-electron chi connectivity index (χ4n) is 1.78. The van der Waals surface area contributed by atoms with E-state index in [0.29, 0.717) is 21.2 Å². The molecule has 0 unspecified atom stereocenters. The van der Waals surface area contributed by atoms with Crippen molar-refractivity contribution in [2.24, 2.45) is 5.73 Å². The molecule has 2 aromatic rings. The van der Waals surface area contributed by atoms with E-state index in [1.807, 2.05) is 0 Å². The van der Waals surface area contributed by atoms with E-state index in [2.05, 4.69) is 10.9 Å². The van der Waals surface area contributed by atoms with Crippen LogP contribution in [0.15, 0.2) is 41.3 Å². The topological polar surface area (TPSA) is 84.2 Å². The second-order valence-corrected chi connectivity index (χ2v) is 6.84. The highest BCUT2D eigenvalue weighted by Gasteiger charge is 2.14. The molecule has 126 valence electrons. The van der Waals surface area contributed by atoms with E-state index in [1.165, 1.54) is 23.9 Å². The monoisotopic (exact) mass is 403 g/mol. The molecule has 0 heterocycles. The number of thioether (sulfide) groups is 1. The Labute approximate surface area is 157 Å². The number of anilines is 1. The Hall–Kier alpha value is -1.60. The first-order chi connectivity index (χ1) is 11.4. The van der Waals surface area contributed by atoms with Crippen molar-refractivity contribution in [3.8, 4) is 0 Å². The number of carbonyl (C=O) groups is 2. The van der Waals surface area contributed by atoms with Gasteiger partial charge < -0.3 is 5.73 Å². The van der Waals surface area contributed by atoms with E-state index in [0.717, 1.165) is 0 Å². The Morgan fingerprint density at radius 2 is 1.71 bits per heavy atom. The lowest BCUT2D eigenvalue weighted by molar-refractivity contribution is -0.115. The predicted molar refractivity (Wildman–Crippen MR) is 98.9 cm³/mol. The first kappa shape index (κ1) is 18.7. The van der Waals surface area contributed by atoms with Crippen LogP contribution >= 0.6 is 46.6 Å². The van der Waals surface area contributed by atoms with Crippen molar-refractivity contribution in [1.29, 1.82) is 0 Å². The molecule has 4 N–H and O–H groups in total. The van der Waals surface area contributed by atoms with Crippen LogP contribution in [0.4, 0.5) is 5.69 Å². The largest absolute Gasteiger partial charge is 0.369 e. The average molecular weight is 405 g/mol. The molecular weight excluding hydrogens is 393 g/mol. The van der Waals surface area contributed by atoms with E-state index in [4.69, 9.17) is 40.5 Å². The first-order valence-electron chi connectivity index (χ1n) is 6.59. The van der Waals surface area contributed by atoms with Gasteiger partial charge in [0.15, 0.2) is 0 Å². The van der Waals surface area contributed by atoms with Gasteiger partial charge in [-0.15, -0.1) is 11.8 Å². The second kappa shape index (κ2) is 8.48. The number of hydrogen-bond donors (Lipinski definition) is 3. The van der Waals surface area contributed by atoms with Crippen LogP contribution < -0.4 is 16.6 Å². The van der Waals surface area contributed by atoms with Crippen LogP contribution in [0, 0.1) is 0 Å². The van der Waals surface area contributed by atoms with Gasteiger partial charge in [-0.3, -0.25) is 20.4 Å². The van der Waals surface area contributed by atoms with Gasteiger partial charge in [0.2, 0.25) is 5.91 Å². The molecule has 0 bridgehead atoms. The van der Waals surface area contributed by atoms with Gasteiger partial charge in [-0.25, -0.2) is 0 Å². The lowest BCUT2D eigenvalue weighted by atomic mass is 10.2. The molecule has 24 heavy (non-hydrogen) atoms. The summed E-state index contributed by atoms with van der Waals surface area (Å²) in [5, 5.41) is 0.920. The quantitative estimate of drug-likeness (QED) is 0.502. The van der Waals surface area contributed by atoms with Crippen LogP contribution in [0.2, 0.25) is 15.1 Å². The number of carbonyl (C=O) groups excluding carboxylic acids is 2. The third kappa shape index (κ3) is 4.95. The zero-order valence-electron chi connectivity index (χ0n) is 12.1. The molecule has 0 fully saturated rings. The van der Waals surface area contributed by atoms with Crippen LogP contribution in [0.3, 0.4) is 0 Å². The number of hydrazine groups is 1. The number of benzene rings is 2. The third-order valence-electron chi connectivity index (χ3n) is 2.81. The summed E-state index contributed by atoms with van der Waals surface area (Å²) >= 11 is 19.1. The minimum Gasteiger partial charge on any atom is -0.369 e. The lowest BCUT2D eigenvalue weighted by Crippen LogP contribution is -2.30. The average Bonchev–Trinajstić information content (AvgIpc) is 2.52. The molecular formula is C15H12Cl3N3O2S. The standard InChI is InChI=1S/C15H12Cl3N3O2S/c16-8-5-10(17)14(11(18)6-8)20-21-15(23)9-3-1-2-4-12(9)24-7-13(19)22/h1-6,20H,7H2,(H2,19,22)(H,21,23). The zero-order chi connectivity index (χ0) is 17.7. The van der Waals surface area contributed by atoms with Gasteiger partial charge in [-0.1, -0.05) is 46.9 Å². The van der Waals surface area contributed by atoms with E-state index < -0.39 is 11.8 Å².